The Morgan fingerprint density at radius 2 is 1.85 bits per heavy atom. The average Bonchev–Trinajstić information content (AvgIpc) is 2.71. The van der Waals surface area contributed by atoms with Crippen molar-refractivity contribution < 1.29 is 18.9 Å². The minimum Gasteiger partial charge on any atom is -0.370 e. The van der Waals surface area contributed by atoms with Gasteiger partial charge in [0.2, 0.25) is 0 Å². The van der Waals surface area contributed by atoms with Crippen LogP contribution in [-0.2, 0) is 18.9 Å². The summed E-state index contributed by atoms with van der Waals surface area (Å²) in [4.78, 5) is 0. The highest BCUT2D eigenvalue weighted by molar-refractivity contribution is 4.92. The van der Waals surface area contributed by atoms with E-state index in [2.05, 4.69) is 0 Å². The molecule has 0 bridgehead atoms. The van der Waals surface area contributed by atoms with Gasteiger partial charge in [-0.2, -0.15) is 0 Å². The molecule has 1 unspecified atom stereocenters. The first kappa shape index (κ1) is 8.17. The number of hydrogen-bond donors (Lipinski definition) is 0. The molecule has 0 radical (unpaired) electrons. The lowest BCUT2D eigenvalue weighted by Gasteiger charge is -2.19. The van der Waals surface area contributed by atoms with Gasteiger partial charge in [-0.15, -0.1) is 0 Å². The maximum Gasteiger partial charge on any atom is 0.187 e. The van der Waals surface area contributed by atoms with Gasteiger partial charge in [-0.05, 0) is 13.8 Å². The quantitative estimate of drug-likeness (QED) is 0.564. The molecule has 4 atom stereocenters. The molecule has 3 fully saturated rings. The molecule has 3 heterocycles. The highest BCUT2D eigenvalue weighted by Gasteiger charge is 2.52. The first-order chi connectivity index (χ1) is 6.14. The Morgan fingerprint density at radius 1 is 1.08 bits per heavy atom. The minimum absolute atomic E-state index is 0.101. The smallest absolute Gasteiger partial charge is 0.187 e. The van der Waals surface area contributed by atoms with Gasteiger partial charge in [-0.1, -0.05) is 0 Å². The van der Waals surface area contributed by atoms with Gasteiger partial charge >= 0.3 is 0 Å². The van der Waals surface area contributed by atoms with E-state index < -0.39 is 5.79 Å². The molecule has 4 heteroatoms. The average molecular weight is 186 g/mol. The van der Waals surface area contributed by atoms with E-state index in [0.29, 0.717) is 6.10 Å². The van der Waals surface area contributed by atoms with Crippen LogP contribution in [0.2, 0.25) is 0 Å². The first-order valence-electron chi connectivity index (χ1n) is 4.77. The van der Waals surface area contributed by atoms with Crippen molar-refractivity contribution in [3.8, 4) is 0 Å². The third-order valence-corrected chi connectivity index (χ3v) is 2.69. The monoisotopic (exact) mass is 186 g/mol. The van der Waals surface area contributed by atoms with Gasteiger partial charge in [0.05, 0.1) is 12.7 Å². The molecule has 13 heavy (non-hydrogen) atoms. The van der Waals surface area contributed by atoms with Gasteiger partial charge in [0.25, 0.3) is 0 Å². The SMILES string of the molecule is CC1(C)O[C@H]2O[C@H](C3CO3)C[C@H]2O1. The largest absolute Gasteiger partial charge is 0.370 e. The summed E-state index contributed by atoms with van der Waals surface area (Å²) in [5.74, 6) is -0.481. The molecule has 0 N–H and O–H groups in total. The van der Waals surface area contributed by atoms with Gasteiger partial charge in [0, 0.05) is 6.42 Å². The highest BCUT2D eigenvalue weighted by Crippen LogP contribution is 2.39. The van der Waals surface area contributed by atoms with Crippen LogP contribution < -0.4 is 0 Å². The molecule has 3 rings (SSSR count). The van der Waals surface area contributed by atoms with Gasteiger partial charge < -0.3 is 18.9 Å². The molecule has 74 valence electrons. The van der Waals surface area contributed by atoms with Crippen LogP contribution in [0.1, 0.15) is 20.3 Å². The number of hydrogen-bond acceptors (Lipinski definition) is 4. The van der Waals surface area contributed by atoms with Crippen molar-refractivity contribution in [1.82, 2.24) is 0 Å². The van der Waals surface area contributed by atoms with Crippen LogP contribution in [0.4, 0.5) is 0 Å². The third-order valence-electron chi connectivity index (χ3n) is 2.69. The molecular weight excluding hydrogens is 172 g/mol. The number of fused-ring (bicyclic) bond motifs is 1. The van der Waals surface area contributed by atoms with E-state index in [1.54, 1.807) is 0 Å². The van der Waals surface area contributed by atoms with Crippen LogP contribution >= 0.6 is 0 Å². The molecule has 0 aromatic rings. The van der Waals surface area contributed by atoms with Gasteiger partial charge in [0.15, 0.2) is 12.1 Å². The summed E-state index contributed by atoms with van der Waals surface area (Å²) in [5, 5.41) is 0. The second kappa shape index (κ2) is 2.45. The van der Waals surface area contributed by atoms with E-state index in [9.17, 15) is 0 Å². The highest BCUT2D eigenvalue weighted by atomic mass is 16.8. The fraction of sp³-hybridized carbons (Fsp3) is 1.00. The zero-order valence-corrected chi connectivity index (χ0v) is 7.86. The van der Waals surface area contributed by atoms with Crippen LogP contribution in [0.25, 0.3) is 0 Å². The zero-order valence-electron chi connectivity index (χ0n) is 7.86. The maximum absolute atomic E-state index is 5.68. The van der Waals surface area contributed by atoms with E-state index >= 15 is 0 Å². The Balaban J connectivity index is 1.66. The van der Waals surface area contributed by atoms with Crippen molar-refractivity contribution in [1.29, 1.82) is 0 Å². The summed E-state index contributed by atoms with van der Waals surface area (Å²) in [6.45, 7) is 4.65. The van der Waals surface area contributed by atoms with Crippen molar-refractivity contribution >= 4 is 0 Å². The topological polar surface area (TPSA) is 40.2 Å². The molecule has 3 aliphatic heterocycles. The first-order valence-corrected chi connectivity index (χ1v) is 4.77. The van der Waals surface area contributed by atoms with Crippen LogP contribution in [0.15, 0.2) is 0 Å². The van der Waals surface area contributed by atoms with Crippen LogP contribution in [0.5, 0.6) is 0 Å². The molecule has 0 amide bonds. The lowest BCUT2D eigenvalue weighted by molar-refractivity contribution is -0.206. The molecule has 3 aliphatic rings. The number of epoxide rings is 1. The third kappa shape index (κ3) is 1.38. The number of ether oxygens (including phenoxy) is 4. The predicted octanol–water partition coefficient (Wildman–Crippen LogP) is 0.652. The minimum atomic E-state index is -0.481. The molecule has 4 nitrogen and oxygen atoms in total. The Bertz CT molecular complexity index is 208. The summed E-state index contributed by atoms with van der Waals surface area (Å²) >= 11 is 0. The van der Waals surface area contributed by atoms with E-state index in [0.717, 1.165) is 13.0 Å². The fourth-order valence-electron chi connectivity index (χ4n) is 2.04. The molecular formula is C9H14O4. The van der Waals surface area contributed by atoms with Gasteiger partial charge in [-0.3, -0.25) is 0 Å². The van der Waals surface area contributed by atoms with E-state index in [4.69, 9.17) is 18.9 Å². The van der Waals surface area contributed by atoms with Crippen molar-refractivity contribution in [2.75, 3.05) is 6.61 Å². The van der Waals surface area contributed by atoms with Gasteiger partial charge in [0.1, 0.15) is 12.2 Å². The van der Waals surface area contributed by atoms with Crippen molar-refractivity contribution in [2.45, 2.75) is 50.7 Å². The predicted molar refractivity (Wildman–Crippen MR) is 43.1 cm³/mol. The van der Waals surface area contributed by atoms with Crippen LogP contribution in [0.3, 0.4) is 0 Å². The Morgan fingerprint density at radius 3 is 2.46 bits per heavy atom. The second-order valence-electron chi connectivity index (χ2n) is 4.32. The fourth-order valence-corrected chi connectivity index (χ4v) is 2.04. The normalized spacial score (nSPS) is 52.2. The Labute approximate surface area is 77.1 Å². The standard InChI is InChI=1S/C9H14O4/c1-9(2)12-6-3-5(7-4-10-7)11-8(6)13-9/h5-8H,3-4H2,1-2H3/t5-,6+,7?,8+/m0/s1. The van der Waals surface area contributed by atoms with Crippen LogP contribution in [0, 0.1) is 0 Å². The van der Waals surface area contributed by atoms with Crippen molar-refractivity contribution in [3.63, 3.8) is 0 Å². The number of rotatable bonds is 1. The molecule has 0 aliphatic carbocycles. The lowest BCUT2D eigenvalue weighted by atomic mass is 10.1. The maximum atomic E-state index is 5.68. The summed E-state index contributed by atoms with van der Waals surface area (Å²) in [7, 11) is 0. The molecule has 0 saturated carbocycles. The molecule has 0 aromatic heterocycles. The second-order valence-corrected chi connectivity index (χ2v) is 4.32. The van der Waals surface area contributed by atoms with Crippen molar-refractivity contribution in [3.05, 3.63) is 0 Å². The molecule has 0 aromatic carbocycles. The van der Waals surface area contributed by atoms with E-state index in [1.807, 2.05) is 13.8 Å². The summed E-state index contributed by atoms with van der Waals surface area (Å²) in [6.07, 6.45) is 1.30. The zero-order chi connectivity index (χ0) is 9.05. The van der Waals surface area contributed by atoms with E-state index in [1.165, 1.54) is 0 Å². The van der Waals surface area contributed by atoms with Crippen LogP contribution in [-0.4, -0.2) is 37.0 Å². The van der Waals surface area contributed by atoms with Gasteiger partial charge in [-0.25, -0.2) is 0 Å². The Kier molecular flexibility index (Phi) is 1.54. The van der Waals surface area contributed by atoms with E-state index in [-0.39, 0.29) is 18.5 Å². The summed E-state index contributed by atoms with van der Waals surface area (Å²) < 4.78 is 22.1. The molecule has 3 saturated heterocycles. The molecule has 0 spiro atoms. The summed E-state index contributed by atoms with van der Waals surface area (Å²) in [5.41, 5.74) is 0. The van der Waals surface area contributed by atoms with Crippen molar-refractivity contribution in [2.24, 2.45) is 0 Å². The lowest BCUT2D eigenvalue weighted by Crippen LogP contribution is -2.26. The Hall–Kier alpha value is -0.160. The summed E-state index contributed by atoms with van der Waals surface area (Å²) in [6, 6.07) is 0.